The Morgan fingerprint density at radius 2 is 1.06 bits per heavy atom. The van der Waals surface area contributed by atoms with Gasteiger partial charge in [-0.2, -0.15) is 9.81 Å². The van der Waals surface area contributed by atoms with Crippen molar-refractivity contribution in [2.24, 2.45) is 0 Å². The molecule has 0 heterocycles. The Morgan fingerprint density at radius 3 is 1.31 bits per heavy atom. The van der Waals surface area contributed by atoms with E-state index in [0.717, 1.165) is 32.4 Å². The van der Waals surface area contributed by atoms with Gasteiger partial charge in [-0.3, -0.25) is 0 Å². The predicted molar refractivity (Wildman–Crippen MR) is 169 cm³/mol. The topological polar surface area (TPSA) is 0 Å². The van der Waals surface area contributed by atoms with Gasteiger partial charge in [-0.1, -0.05) is 65.8 Å². The molecule has 35 heavy (non-hydrogen) atoms. The molecule has 0 N–H and O–H groups in total. The van der Waals surface area contributed by atoms with Crippen LogP contribution in [-0.2, 0) is 67.0 Å². The number of hydrogen-bond donors (Lipinski definition) is 0. The maximum atomic E-state index is 5.33. The van der Waals surface area contributed by atoms with E-state index in [9.17, 15) is 0 Å². The van der Waals surface area contributed by atoms with E-state index in [-0.39, 0.29) is 16.5 Å². The van der Waals surface area contributed by atoms with Crippen molar-refractivity contribution in [3.63, 3.8) is 0 Å². The molecule has 2 aromatic carbocycles. The number of hydrogen-bond acceptors (Lipinski definition) is 6. The zero-order valence-electron chi connectivity index (χ0n) is 21.4. The predicted octanol–water partition coefficient (Wildman–Crippen LogP) is 9.41. The summed E-state index contributed by atoms with van der Waals surface area (Å²) in [6, 6.07) is 13.1. The van der Waals surface area contributed by atoms with Crippen molar-refractivity contribution in [1.29, 1.82) is 0 Å². The maximum Gasteiger partial charge on any atom is 0.0129 e. The summed E-state index contributed by atoms with van der Waals surface area (Å²) in [5, 5.41) is 3.20. The third kappa shape index (κ3) is 11.9. The Balaban J connectivity index is 0.000000642. The molecule has 0 fully saturated rings. The Hall–Kier alpha value is -0.00649. The van der Waals surface area contributed by atoms with Gasteiger partial charge in [-0.15, -0.1) is 23.5 Å². The van der Waals surface area contributed by atoms with Crippen molar-refractivity contribution >= 4 is 83.8 Å². The van der Waals surface area contributed by atoms with Crippen molar-refractivity contribution in [2.75, 3.05) is 11.5 Å². The van der Waals surface area contributed by atoms with E-state index >= 15 is 0 Å². The Morgan fingerprint density at radius 1 is 0.714 bits per heavy atom. The summed E-state index contributed by atoms with van der Waals surface area (Å²) in [6.45, 7) is 13.1. The molecule has 2 rings (SSSR count). The second-order valence-electron chi connectivity index (χ2n) is 8.48. The van der Waals surface area contributed by atoms with Gasteiger partial charge in [0.15, 0.2) is 0 Å². The normalized spacial score (nSPS) is 11.8. The van der Waals surface area contributed by atoms with E-state index in [1.165, 1.54) is 33.8 Å². The average molecular weight is 624 g/mol. The second-order valence-corrected chi connectivity index (χ2v) is 12.1. The molecule has 0 saturated carbocycles. The molecule has 0 aliphatic carbocycles. The molecule has 2 aromatic rings. The first-order valence-corrected chi connectivity index (χ1v) is 15.5. The Kier molecular flexibility index (Phi) is 19.1. The van der Waals surface area contributed by atoms with Crippen LogP contribution in [0.15, 0.2) is 57.0 Å². The molecule has 0 saturated heterocycles. The third-order valence-corrected chi connectivity index (χ3v) is 9.01. The van der Waals surface area contributed by atoms with Crippen LogP contribution in [0, 0.1) is 0 Å². The molecular formula is C28H36NiS6-4. The van der Waals surface area contributed by atoms with Gasteiger partial charge in [-0.25, -0.2) is 10.8 Å². The van der Waals surface area contributed by atoms with E-state index in [4.69, 9.17) is 50.5 Å². The van der Waals surface area contributed by atoms with Crippen LogP contribution in [0.25, 0.3) is 9.81 Å². The Bertz CT molecular complexity index is 873. The average Bonchev–Trinajstić information content (AvgIpc) is 2.85. The summed E-state index contributed by atoms with van der Waals surface area (Å²) in [5.74, 6) is 3.28. The van der Waals surface area contributed by atoms with Crippen molar-refractivity contribution in [3.05, 3.63) is 69.5 Å². The van der Waals surface area contributed by atoms with Crippen LogP contribution in [0.5, 0.6) is 0 Å². The maximum absolute atomic E-state index is 5.33. The molecule has 0 amide bonds. The van der Waals surface area contributed by atoms with Crippen molar-refractivity contribution in [2.45, 2.75) is 76.0 Å². The smallest absolute Gasteiger partial charge is 0.0129 e. The first-order chi connectivity index (χ1) is 16.2. The molecule has 0 unspecified atom stereocenters. The molecule has 7 heteroatoms. The molecule has 0 spiro atoms. The molecule has 198 valence electrons. The van der Waals surface area contributed by atoms with E-state index < -0.39 is 0 Å². The van der Waals surface area contributed by atoms with Crippen LogP contribution in [0.2, 0.25) is 0 Å². The minimum Gasteiger partial charge on any atom is -0.789 e. The van der Waals surface area contributed by atoms with Crippen molar-refractivity contribution in [1.82, 2.24) is 0 Å². The van der Waals surface area contributed by atoms with Crippen LogP contribution >= 0.6 is 23.5 Å². The SMILES string of the molecule is CCCSc1ccc(C(C)C)cc1/C([S-])=C/[S-].CCCSc1ccc(C(C)C)cc1/C([S-])=C/[S-].[Ni]. The summed E-state index contributed by atoms with van der Waals surface area (Å²) < 4.78 is 0. The van der Waals surface area contributed by atoms with Gasteiger partial charge in [-0.05, 0) is 70.6 Å². The largest absolute Gasteiger partial charge is 0.789 e. The summed E-state index contributed by atoms with van der Waals surface area (Å²) in [7, 11) is 0. The van der Waals surface area contributed by atoms with Gasteiger partial charge in [0.1, 0.15) is 0 Å². The van der Waals surface area contributed by atoms with Gasteiger partial charge in [0.2, 0.25) is 0 Å². The number of benzene rings is 2. The number of rotatable bonds is 10. The van der Waals surface area contributed by atoms with Crippen LogP contribution in [0.3, 0.4) is 0 Å². The Labute approximate surface area is 255 Å². The molecule has 0 aromatic heterocycles. The fraction of sp³-hybridized carbons (Fsp3) is 0.429. The molecule has 0 atom stereocenters. The van der Waals surface area contributed by atoms with E-state index in [1.807, 2.05) is 23.5 Å². The minimum absolute atomic E-state index is 0. The monoisotopic (exact) mass is 622 g/mol. The first-order valence-electron chi connectivity index (χ1n) is 11.7. The fourth-order valence-corrected chi connectivity index (χ4v) is 5.55. The zero-order valence-corrected chi connectivity index (χ0v) is 27.3. The van der Waals surface area contributed by atoms with Gasteiger partial charge < -0.3 is 50.5 Å². The van der Waals surface area contributed by atoms with E-state index in [1.54, 1.807) is 10.8 Å². The molecule has 0 aliphatic rings. The van der Waals surface area contributed by atoms with Gasteiger partial charge in [0.25, 0.3) is 0 Å². The van der Waals surface area contributed by atoms with Gasteiger partial charge in [0.05, 0.1) is 0 Å². The summed E-state index contributed by atoms with van der Waals surface area (Å²) in [4.78, 5) is 4.06. The summed E-state index contributed by atoms with van der Waals surface area (Å²) in [6.07, 6.45) is 2.33. The zero-order chi connectivity index (χ0) is 25.7. The van der Waals surface area contributed by atoms with E-state index in [0.29, 0.717) is 11.8 Å². The number of thioether (sulfide) groups is 2. The summed E-state index contributed by atoms with van der Waals surface area (Å²) >= 11 is 24.3. The molecular weight excluding hydrogens is 587 g/mol. The van der Waals surface area contributed by atoms with Gasteiger partial charge in [0, 0.05) is 26.3 Å². The molecule has 0 bridgehead atoms. The van der Waals surface area contributed by atoms with Crippen LogP contribution < -0.4 is 0 Å². The van der Waals surface area contributed by atoms with Crippen LogP contribution in [-0.4, -0.2) is 11.5 Å². The van der Waals surface area contributed by atoms with Crippen molar-refractivity contribution in [3.8, 4) is 0 Å². The van der Waals surface area contributed by atoms with Crippen LogP contribution in [0.4, 0.5) is 0 Å². The quantitative estimate of drug-likeness (QED) is 0.146. The van der Waals surface area contributed by atoms with E-state index in [2.05, 4.69) is 77.9 Å². The second kappa shape index (κ2) is 19.1. The molecule has 0 nitrogen and oxygen atoms in total. The third-order valence-electron chi connectivity index (χ3n) is 5.01. The van der Waals surface area contributed by atoms with Gasteiger partial charge >= 0.3 is 0 Å². The van der Waals surface area contributed by atoms with Crippen molar-refractivity contribution < 1.29 is 16.5 Å². The van der Waals surface area contributed by atoms with Crippen LogP contribution in [0.1, 0.15) is 88.5 Å². The minimum atomic E-state index is 0. The summed E-state index contributed by atoms with van der Waals surface area (Å²) in [5.41, 5.74) is 4.89. The standard InChI is InChI=1S/2C14H20S3.Ni/c2*1-4-7-17-14-6-5-11(10(2)3)8-12(14)13(16)9-15;/h2*5-6,8-10,15-16H,4,7H2,1-3H3;/p-4/b2*13-9-;. The fourth-order valence-electron chi connectivity index (χ4n) is 3.00. The first kappa shape index (κ1) is 35.0. The molecule has 0 radical (unpaired) electrons. The molecule has 0 aliphatic heterocycles.